The third-order valence-electron chi connectivity index (χ3n) is 6.07. The predicted molar refractivity (Wildman–Crippen MR) is 115 cm³/mol. The van der Waals surface area contributed by atoms with E-state index in [1.165, 1.54) is 18.2 Å². The van der Waals surface area contributed by atoms with Crippen LogP contribution < -0.4 is 5.32 Å². The molecular weight excluding hydrogens is 401 g/mol. The molecule has 0 radical (unpaired) electrons. The number of hydrogen-bond donors (Lipinski definition) is 1. The summed E-state index contributed by atoms with van der Waals surface area (Å²) in [5, 5.41) is 14.6. The lowest BCUT2D eigenvalue weighted by molar-refractivity contribution is -0.384. The number of likely N-dealkylation sites (tertiary alicyclic amines) is 1. The van der Waals surface area contributed by atoms with Gasteiger partial charge in [0.2, 0.25) is 0 Å². The van der Waals surface area contributed by atoms with Crippen molar-refractivity contribution in [2.45, 2.75) is 37.5 Å². The number of nitro benzene ring substituents is 1. The molecule has 0 unspecified atom stereocenters. The van der Waals surface area contributed by atoms with Crippen molar-refractivity contribution >= 4 is 11.4 Å². The molecule has 2 aliphatic heterocycles. The van der Waals surface area contributed by atoms with Gasteiger partial charge in [0.15, 0.2) is 5.79 Å². The Labute approximate surface area is 181 Å². The topological polar surface area (TPSA) is 76.9 Å². The summed E-state index contributed by atoms with van der Waals surface area (Å²) in [6.07, 6.45) is 3.48. The quantitative estimate of drug-likeness (QED) is 0.498. The summed E-state index contributed by atoms with van der Waals surface area (Å²) < 4.78 is 25.2. The Morgan fingerprint density at radius 1 is 1.10 bits per heavy atom. The molecular formula is C23H28FN3O4. The van der Waals surface area contributed by atoms with E-state index in [0.29, 0.717) is 25.3 Å². The van der Waals surface area contributed by atoms with Gasteiger partial charge in [-0.2, -0.15) is 0 Å². The number of ether oxygens (including phenoxy) is 2. The van der Waals surface area contributed by atoms with Crippen molar-refractivity contribution < 1.29 is 18.8 Å². The van der Waals surface area contributed by atoms with Crippen LogP contribution in [0.1, 0.15) is 31.2 Å². The number of hydrogen-bond acceptors (Lipinski definition) is 6. The Hall–Kier alpha value is -2.55. The minimum absolute atomic E-state index is 0.118. The zero-order valence-corrected chi connectivity index (χ0v) is 17.5. The first-order valence-electron chi connectivity index (χ1n) is 10.8. The molecule has 4 rings (SSSR count). The van der Waals surface area contributed by atoms with E-state index in [1.54, 1.807) is 24.3 Å². The lowest BCUT2D eigenvalue weighted by Crippen LogP contribution is -2.40. The predicted octanol–water partition coefficient (Wildman–Crippen LogP) is 4.29. The summed E-state index contributed by atoms with van der Waals surface area (Å²) in [4.78, 5) is 13.3. The van der Waals surface area contributed by atoms with Crippen molar-refractivity contribution in [2.75, 3.05) is 38.2 Å². The number of nitrogens with one attached hydrogen (secondary N) is 1. The summed E-state index contributed by atoms with van der Waals surface area (Å²) in [6.45, 7) is 3.88. The van der Waals surface area contributed by atoms with Gasteiger partial charge in [0.1, 0.15) is 11.5 Å². The van der Waals surface area contributed by atoms with Crippen molar-refractivity contribution in [3.05, 3.63) is 70.0 Å². The smallest absolute Gasteiger partial charge is 0.292 e. The number of halogens is 1. The van der Waals surface area contributed by atoms with Gasteiger partial charge >= 0.3 is 0 Å². The largest absolute Gasteiger partial charge is 0.377 e. The third kappa shape index (κ3) is 5.20. The molecule has 166 valence electrons. The molecule has 0 aliphatic carbocycles. The van der Waals surface area contributed by atoms with E-state index in [0.717, 1.165) is 44.5 Å². The Morgan fingerprint density at radius 3 is 2.45 bits per heavy atom. The average Bonchev–Trinajstić information content (AvgIpc) is 3.26. The van der Waals surface area contributed by atoms with Gasteiger partial charge in [-0.15, -0.1) is 0 Å². The van der Waals surface area contributed by atoms with Crippen LogP contribution in [0.5, 0.6) is 0 Å². The summed E-state index contributed by atoms with van der Waals surface area (Å²) in [5.41, 5.74) is 1.56. The highest BCUT2D eigenvalue weighted by Crippen LogP contribution is 2.36. The Bertz CT molecular complexity index is 879. The van der Waals surface area contributed by atoms with Crippen LogP contribution in [0.25, 0.3) is 0 Å². The summed E-state index contributed by atoms with van der Waals surface area (Å²) in [5.74, 6) is -1.05. The molecule has 0 amide bonds. The summed E-state index contributed by atoms with van der Waals surface area (Å²) in [7, 11) is 0. The Morgan fingerprint density at radius 2 is 1.77 bits per heavy atom. The van der Waals surface area contributed by atoms with Crippen LogP contribution in [0, 0.1) is 15.9 Å². The van der Waals surface area contributed by atoms with Crippen LogP contribution in [0.3, 0.4) is 0 Å². The fourth-order valence-electron chi connectivity index (χ4n) is 4.43. The number of anilines is 1. The fraction of sp³-hybridized carbons (Fsp3) is 0.478. The minimum Gasteiger partial charge on any atom is -0.377 e. The van der Waals surface area contributed by atoms with Gasteiger partial charge in [-0.05, 0) is 44.0 Å². The lowest BCUT2D eigenvalue weighted by Gasteiger charge is -2.34. The molecule has 31 heavy (non-hydrogen) atoms. The third-order valence-corrected chi connectivity index (χ3v) is 6.07. The van der Waals surface area contributed by atoms with Gasteiger partial charge < -0.3 is 19.7 Å². The second-order valence-electron chi connectivity index (χ2n) is 8.09. The highest BCUT2D eigenvalue weighted by molar-refractivity contribution is 5.61. The van der Waals surface area contributed by atoms with Crippen molar-refractivity contribution in [3.8, 4) is 0 Å². The van der Waals surface area contributed by atoms with Crippen molar-refractivity contribution in [1.82, 2.24) is 4.90 Å². The Kier molecular flexibility index (Phi) is 6.80. The molecule has 2 fully saturated rings. The monoisotopic (exact) mass is 429 g/mol. The number of para-hydroxylation sites is 2. The van der Waals surface area contributed by atoms with E-state index in [9.17, 15) is 14.5 Å². The van der Waals surface area contributed by atoms with E-state index in [-0.39, 0.29) is 22.5 Å². The van der Waals surface area contributed by atoms with Crippen LogP contribution in [0.15, 0.2) is 48.5 Å². The van der Waals surface area contributed by atoms with Crippen molar-refractivity contribution in [2.24, 2.45) is 0 Å². The Balaban J connectivity index is 1.26. The number of nitro groups is 1. The molecule has 0 atom stereocenters. The first-order valence-corrected chi connectivity index (χ1v) is 10.8. The molecule has 0 spiro atoms. The van der Waals surface area contributed by atoms with E-state index in [4.69, 9.17) is 9.47 Å². The van der Waals surface area contributed by atoms with Gasteiger partial charge in [-0.3, -0.25) is 10.1 Å². The molecule has 0 bridgehead atoms. The van der Waals surface area contributed by atoms with Crippen LogP contribution in [0.2, 0.25) is 0 Å². The zero-order valence-electron chi connectivity index (χ0n) is 17.5. The maximum Gasteiger partial charge on any atom is 0.292 e. The van der Waals surface area contributed by atoms with Gasteiger partial charge in [-0.25, -0.2) is 4.39 Å². The van der Waals surface area contributed by atoms with Gasteiger partial charge in [0.05, 0.1) is 18.1 Å². The highest BCUT2D eigenvalue weighted by Gasteiger charge is 2.38. The maximum absolute atomic E-state index is 13.3. The second-order valence-corrected chi connectivity index (χ2v) is 8.09. The summed E-state index contributed by atoms with van der Waals surface area (Å²) in [6, 6.07) is 13.4. The highest BCUT2D eigenvalue weighted by atomic mass is 19.1. The van der Waals surface area contributed by atoms with E-state index < -0.39 is 5.79 Å². The fourth-order valence-corrected chi connectivity index (χ4v) is 4.43. The van der Waals surface area contributed by atoms with Gasteiger partial charge in [0.25, 0.3) is 5.69 Å². The molecule has 1 N–H and O–H groups in total. The molecule has 2 saturated heterocycles. The number of piperidine rings is 1. The molecule has 0 aromatic heterocycles. The second kappa shape index (κ2) is 9.72. The number of nitrogens with zero attached hydrogens (tertiary/aromatic N) is 2. The van der Waals surface area contributed by atoms with Crippen molar-refractivity contribution in [1.29, 1.82) is 0 Å². The molecule has 8 heteroatoms. The van der Waals surface area contributed by atoms with Crippen molar-refractivity contribution in [3.63, 3.8) is 0 Å². The van der Waals surface area contributed by atoms with Crippen LogP contribution in [-0.4, -0.2) is 48.7 Å². The normalized spacial score (nSPS) is 19.4. The van der Waals surface area contributed by atoms with Gasteiger partial charge in [0, 0.05) is 37.2 Å². The number of rotatable bonds is 8. The molecule has 7 nitrogen and oxygen atoms in total. The van der Waals surface area contributed by atoms with Crippen LogP contribution in [0.4, 0.5) is 15.8 Å². The molecule has 2 aromatic rings. The maximum atomic E-state index is 13.3. The average molecular weight is 429 g/mol. The molecule has 2 aliphatic rings. The van der Waals surface area contributed by atoms with E-state index >= 15 is 0 Å². The van der Waals surface area contributed by atoms with Crippen LogP contribution in [-0.2, 0) is 15.3 Å². The lowest BCUT2D eigenvalue weighted by atomic mass is 9.99. The SMILES string of the molecule is O=[N+]([O-])c1ccccc1NC1CCN(CCCC2(c3ccc(F)cc3)OCCO2)CC1. The minimum atomic E-state index is -0.778. The number of benzene rings is 2. The standard InChI is InChI=1S/C23H28FN3O4/c24-19-8-6-18(7-9-19)23(30-16-17-31-23)12-3-13-26-14-10-20(11-15-26)25-21-4-1-2-5-22(21)27(28)29/h1-2,4-9,20,25H,3,10-17H2. The zero-order chi connectivity index (χ0) is 21.7. The summed E-state index contributed by atoms with van der Waals surface area (Å²) >= 11 is 0. The first kappa shape index (κ1) is 21.7. The molecule has 2 heterocycles. The van der Waals surface area contributed by atoms with E-state index in [2.05, 4.69) is 10.2 Å². The molecule has 0 saturated carbocycles. The first-order chi connectivity index (χ1) is 15.1. The van der Waals surface area contributed by atoms with Crippen LogP contribution >= 0.6 is 0 Å². The molecule has 2 aromatic carbocycles. The van der Waals surface area contributed by atoms with E-state index in [1.807, 2.05) is 6.07 Å². The van der Waals surface area contributed by atoms with Gasteiger partial charge in [-0.1, -0.05) is 24.3 Å².